The first-order valence-corrected chi connectivity index (χ1v) is 5.15. The minimum Gasteiger partial charge on any atom is -0.327 e. The van der Waals surface area contributed by atoms with E-state index >= 15 is 0 Å². The lowest BCUT2D eigenvalue weighted by atomic mass is 10.1. The highest BCUT2D eigenvalue weighted by Crippen LogP contribution is 2.00. The minimum absolute atomic E-state index is 0.285. The van der Waals surface area contributed by atoms with E-state index in [0.717, 1.165) is 26.1 Å². The van der Waals surface area contributed by atoms with Gasteiger partial charge in [0.2, 0.25) is 0 Å². The van der Waals surface area contributed by atoms with Crippen molar-refractivity contribution < 1.29 is 0 Å². The van der Waals surface area contributed by atoms with Gasteiger partial charge >= 0.3 is 0 Å². The zero-order valence-corrected chi connectivity index (χ0v) is 8.92. The van der Waals surface area contributed by atoms with Gasteiger partial charge in [-0.2, -0.15) is 0 Å². The Kier molecular flexibility index (Phi) is 7.77. The van der Waals surface area contributed by atoms with E-state index in [0.29, 0.717) is 0 Å². The number of unbranched alkanes of at least 4 members (excludes halogenated alkanes) is 1. The summed E-state index contributed by atoms with van der Waals surface area (Å²) in [4.78, 5) is 2.21. The molecule has 0 aromatic heterocycles. The molecule has 1 atom stereocenters. The summed E-state index contributed by atoms with van der Waals surface area (Å²) in [5, 5.41) is 0. The number of hydrogen-bond donors (Lipinski definition) is 1. The van der Waals surface area contributed by atoms with Crippen LogP contribution in [0.3, 0.4) is 0 Å². The fourth-order valence-electron chi connectivity index (χ4n) is 1.32. The van der Waals surface area contributed by atoms with Crippen molar-refractivity contribution in [1.29, 1.82) is 0 Å². The normalized spacial score (nSPS) is 12.8. The SMILES string of the molecule is C#CCN(CC)CC(N)CCCC. The molecule has 0 aromatic rings. The van der Waals surface area contributed by atoms with Crippen LogP contribution in [-0.4, -0.2) is 30.6 Å². The molecule has 0 aliphatic heterocycles. The van der Waals surface area contributed by atoms with Gasteiger partial charge in [-0.15, -0.1) is 6.42 Å². The lowest BCUT2D eigenvalue weighted by molar-refractivity contribution is 0.293. The lowest BCUT2D eigenvalue weighted by Gasteiger charge is -2.21. The Morgan fingerprint density at radius 2 is 2.15 bits per heavy atom. The third-order valence-corrected chi connectivity index (χ3v) is 2.18. The average Bonchev–Trinajstić information content (AvgIpc) is 2.14. The maximum Gasteiger partial charge on any atom is 0.0599 e. The summed E-state index contributed by atoms with van der Waals surface area (Å²) in [6, 6.07) is 0.285. The molecule has 0 rings (SSSR count). The van der Waals surface area contributed by atoms with E-state index in [-0.39, 0.29) is 6.04 Å². The number of likely N-dealkylation sites (N-methyl/N-ethyl adjacent to an activating group) is 1. The van der Waals surface area contributed by atoms with E-state index in [9.17, 15) is 0 Å². The van der Waals surface area contributed by atoms with Crippen LogP contribution >= 0.6 is 0 Å². The molecule has 0 heterocycles. The standard InChI is InChI=1S/C11H22N2/c1-4-7-8-11(12)10-13(6-3)9-5-2/h2,11H,4,6-10,12H2,1,3H3. The van der Waals surface area contributed by atoms with Crippen LogP contribution in [0.15, 0.2) is 0 Å². The fraction of sp³-hybridized carbons (Fsp3) is 0.818. The van der Waals surface area contributed by atoms with E-state index in [2.05, 4.69) is 24.7 Å². The summed E-state index contributed by atoms with van der Waals surface area (Å²) < 4.78 is 0. The number of terminal acetylenes is 1. The minimum atomic E-state index is 0.285. The zero-order chi connectivity index (χ0) is 10.1. The predicted molar refractivity (Wildman–Crippen MR) is 58.4 cm³/mol. The predicted octanol–water partition coefficient (Wildman–Crippen LogP) is 1.46. The Morgan fingerprint density at radius 3 is 2.62 bits per heavy atom. The van der Waals surface area contributed by atoms with Crippen LogP contribution in [0.2, 0.25) is 0 Å². The van der Waals surface area contributed by atoms with Gasteiger partial charge in [0.1, 0.15) is 0 Å². The highest BCUT2D eigenvalue weighted by Gasteiger charge is 2.06. The second-order valence-electron chi connectivity index (χ2n) is 3.43. The molecule has 0 aliphatic carbocycles. The second-order valence-corrected chi connectivity index (χ2v) is 3.43. The van der Waals surface area contributed by atoms with Crippen LogP contribution in [-0.2, 0) is 0 Å². The van der Waals surface area contributed by atoms with Gasteiger partial charge in [-0.05, 0) is 13.0 Å². The number of nitrogens with zero attached hydrogens (tertiary/aromatic N) is 1. The third kappa shape index (κ3) is 6.62. The molecule has 2 heteroatoms. The number of nitrogens with two attached hydrogens (primary N) is 1. The molecule has 2 nitrogen and oxygen atoms in total. The van der Waals surface area contributed by atoms with Crippen molar-refractivity contribution in [2.24, 2.45) is 5.73 Å². The molecule has 76 valence electrons. The van der Waals surface area contributed by atoms with Crippen molar-refractivity contribution in [2.75, 3.05) is 19.6 Å². The van der Waals surface area contributed by atoms with Crippen LogP contribution in [0.5, 0.6) is 0 Å². The van der Waals surface area contributed by atoms with Crippen LogP contribution in [0.4, 0.5) is 0 Å². The second kappa shape index (κ2) is 8.10. The molecule has 0 saturated carbocycles. The van der Waals surface area contributed by atoms with Gasteiger partial charge in [0.15, 0.2) is 0 Å². The molecule has 0 saturated heterocycles. The van der Waals surface area contributed by atoms with Crippen LogP contribution in [0.1, 0.15) is 33.1 Å². The summed E-state index contributed by atoms with van der Waals surface area (Å²) >= 11 is 0. The van der Waals surface area contributed by atoms with E-state index in [4.69, 9.17) is 12.2 Å². The van der Waals surface area contributed by atoms with Gasteiger partial charge < -0.3 is 5.73 Å². The van der Waals surface area contributed by atoms with Crippen LogP contribution in [0.25, 0.3) is 0 Å². The third-order valence-electron chi connectivity index (χ3n) is 2.18. The van der Waals surface area contributed by atoms with Crippen molar-refractivity contribution in [3.8, 4) is 12.3 Å². The smallest absolute Gasteiger partial charge is 0.0599 e. The van der Waals surface area contributed by atoms with Gasteiger partial charge in [-0.1, -0.05) is 32.6 Å². The quantitative estimate of drug-likeness (QED) is 0.604. The van der Waals surface area contributed by atoms with Gasteiger partial charge in [-0.25, -0.2) is 0 Å². The molecule has 0 aliphatic rings. The van der Waals surface area contributed by atoms with E-state index in [1.807, 2.05) is 0 Å². The van der Waals surface area contributed by atoms with Gasteiger partial charge in [-0.3, -0.25) is 4.90 Å². The first-order valence-electron chi connectivity index (χ1n) is 5.15. The summed E-state index contributed by atoms with van der Waals surface area (Å²) in [5.41, 5.74) is 5.96. The molecule has 0 radical (unpaired) electrons. The maximum absolute atomic E-state index is 5.96. The summed E-state index contributed by atoms with van der Waals surface area (Å²) in [6.07, 6.45) is 8.79. The first kappa shape index (κ1) is 12.5. The van der Waals surface area contributed by atoms with Crippen molar-refractivity contribution in [1.82, 2.24) is 4.90 Å². The van der Waals surface area contributed by atoms with Gasteiger partial charge in [0.05, 0.1) is 6.54 Å². The van der Waals surface area contributed by atoms with Crippen molar-refractivity contribution in [3.05, 3.63) is 0 Å². The fourth-order valence-corrected chi connectivity index (χ4v) is 1.32. The zero-order valence-electron chi connectivity index (χ0n) is 8.92. The number of rotatable bonds is 7. The highest BCUT2D eigenvalue weighted by molar-refractivity contribution is 4.88. The maximum atomic E-state index is 5.96. The summed E-state index contributed by atoms with van der Waals surface area (Å²) in [5.74, 6) is 2.65. The number of hydrogen-bond acceptors (Lipinski definition) is 2. The Balaban J connectivity index is 3.60. The Bertz CT molecular complexity index is 149. The molecular weight excluding hydrogens is 160 g/mol. The van der Waals surface area contributed by atoms with Crippen molar-refractivity contribution in [2.45, 2.75) is 39.2 Å². The van der Waals surface area contributed by atoms with Crippen LogP contribution < -0.4 is 5.73 Å². The van der Waals surface area contributed by atoms with Crippen molar-refractivity contribution in [3.63, 3.8) is 0 Å². The summed E-state index contributed by atoms with van der Waals surface area (Å²) in [7, 11) is 0. The van der Waals surface area contributed by atoms with E-state index in [1.54, 1.807) is 0 Å². The summed E-state index contributed by atoms with van der Waals surface area (Å²) in [6.45, 7) is 6.94. The molecular formula is C11H22N2. The molecule has 13 heavy (non-hydrogen) atoms. The Hall–Kier alpha value is -0.520. The molecule has 2 N–H and O–H groups in total. The molecule has 1 unspecified atom stereocenters. The molecule has 0 aromatic carbocycles. The van der Waals surface area contributed by atoms with Gasteiger partial charge in [0.25, 0.3) is 0 Å². The first-order chi connectivity index (χ1) is 6.24. The topological polar surface area (TPSA) is 29.3 Å². The molecule has 0 fully saturated rings. The molecule has 0 spiro atoms. The van der Waals surface area contributed by atoms with Crippen molar-refractivity contribution >= 4 is 0 Å². The lowest BCUT2D eigenvalue weighted by Crippen LogP contribution is -2.37. The van der Waals surface area contributed by atoms with Gasteiger partial charge in [0, 0.05) is 12.6 Å². The molecule has 0 amide bonds. The van der Waals surface area contributed by atoms with E-state index in [1.165, 1.54) is 12.8 Å². The highest BCUT2D eigenvalue weighted by atomic mass is 15.1. The monoisotopic (exact) mass is 182 g/mol. The van der Waals surface area contributed by atoms with Crippen LogP contribution in [0, 0.1) is 12.3 Å². The Morgan fingerprint density at radius 1 is 1.46 bits per heavy atom. The molecule has 0 bridgehead atoms. The van der Waals surface area contributed by atoms with E-state index < -0.39 is 0 Å². The largest absolute Gasteiger partial charge is 0.327 e. The average molecular weight is 182 g/mol. The Labute approximate surface area is 82.5 Å².